The van der Waals surface area contributed by atoms with Gasteiger partial charge in [0.25, 0.3) is 0 Å². The molecule has 0 radical (unpaired) electrons. The molecule has 1 aromatic rings. The topological polar surface area (TPSA) is 64.7 Å². The van der Waals surface area contributed by atoms with E-state index < -0.39 is 6.03 Å². The first-order chi connectivity index (χ1) is 10.6. The van der Waals surface area contributed by atoms with E-state index in [0.29, 0.717) is 0 Å². The van der Waals surface area contributed by atoms with E-state index in [1.807, 2.05) is 13.0 Å². The summed E-state index contributed by atoms with van der Waals surface area (Å²) in [5.74, 6) is -0.254. The van der Waals surface area contributed by atoms with Gasteiger partial charge in [0.05, 0.1) is 6.04 Å². The first-order valence-electron chi connectivity index (χ1n) is 7.63. The third-order valence-corrected chi connectivity index (χ3v) is 4.05. The second-order valence-corrected chi connectivity index (χ2v) is 5.54. The minimum absolute atomic E-state index is 0.254. The van der Waals surface area contributed by atoms with Crippen molar-refractivity contribution < 1.29 is 9.59 Å². The van der Waals surface area contributed by atoms with Gasteiger partial charge in [-0.05, 0) is 12.5 Å². The molecule has 6 nitrogen and oxygen atoms in total. The van der Waals surface area contributed by atoms with E-state index in [0.717, 1.165) is 32.7 Å². The van der Waals surface area contributed by atoms with Crippen LogP contribution in [0.15, 0.2) is 30.3 Å². The number of rotatable bonds is 4. The molecule has 0 spiro atoms. The summed E-state index contributed by atoms with van der Waals surface area (Å²) in [6.45, 7) is 6.28. The Hall–Kier alpha value is -1.92. The molecule has 22 heavy (non-hydrogen) atoms. The largest absolute Gasteiger partial charge is 0.341 e. The summed E-state index contributed by atoms with van der Waals surface area (Å²) in [4.78, 5) is 27.6. The fourth-order valence-corrected chi connectivity index (χ4v) is 2.60. The van der Waals surface area contributed by atoms with E-state index in [2.05, 4.69) is 44.7 Å². The summed E-state index contributed by atoms with van der Waals surface area (Å²) < 4.78 is 0. The number of urea groups is 1. The number of imide groups is 1. The lowest BCUT2D eigenvalue weighted by Gasteiger charge is -2.37. The van der Waals surface area contributed by atoms with Gasteiger partial charge >= 0.3 is 6.03 Å². The molecule has 1 aliphatic heterocycles. The monoisotopic (exact) mass is 304 g/mol. The number of amides is 3. The van der Waals surface area contributed by atoms with Crippen LogP contribution in [0.3, 0.4) is 0 Å². The minimum atomic E-state index is -0.459. The van der Waals surface area contributed by atoms with Gasteiger partial charge in [0.15, 0.2) is 0 Å². The molecule has 1 heterocycles. The Morgan fingerprint density at radius 3 is 2.36 bits per heavy atom. The van der Waals surface area contributed by atoms with Gasteiger partial charge in [-0.3, -0.25) is 19.9 Å². The van der Waals surface area contributed by atoms with Crippen molar-refractivity contribution in [1.82, 2.24) is 20.4 Å². The highest BCUT2D eigenvalue weighted by molar-refractivity contribution is 5.96. The number of carbonyl (C=O) groups excluding carboxylic acids is 2. The van der Waals surface area contributed by atoms with Gasteiger partial charge in [-0.2, -0.15) is 0 Å². The fraction of sp³-hybridized carbons (Fsp3) is 0.500. The number of hydrogen-bond donors (Lipinski definition) is 2. The van der Waals surface area contributed by atoms with Crippen molar-refractivity contribution in [2.45, 2.75) is 19.5 Å². The highest BCUT2D eigenvalue weighted by atomic mass is 16.2. The van der Waals surface area contributed by atoms with Crippen molar-refractivity contribution in [2.24, 2.45) is 0 Å². The molecule has 0 saturated carbocycles. The first kappa shape index (κ1) is 16.5. The molecule has 2 N–H and O–H groups in total. The van der Waals surface area contributed by atoms with Crippen LogP contribution in [0, 0.1) is 0 Å². The van der Waals surface area contributed by atoms with Gasteiger partial charge in [0.2, 0.25) is 5.91 Å². The first-order valence-corrected chi connectivity index (χ1v) is 7.63. The number of benzene rings is 1. The van der Waals surface area contributed by atoms with E-state index in [1.54, 1.807) is 0 Å². The average molecular weight is 304 g/mol. The Balaban J connectivity index is 1.79. The predicted octanol–water partition coefficient (Wildman–Crippen LogP) is 0.648. The Kier molecular flexibility index (Phi) is 5.91. The van der Waals surface area contributed by atoms with Crippen LogP contribution in [0.5, 0.6) is 0 Å². The van der Waals surface area contributed by atoms with Crippen molar-refractivity contribution in [3.63, 3.8) is 0 Å². The highest BCUT2D eigenvalue weighted by Crippen LogP contribution is 2.10. The van der Waals surface area contributed by atoms with Crippen LogP contribution in [0.1, 0.15) is 12.5 Å². The lowest BCUT2D eigenvalue weighted by molar-refractivity contribution is -0.125. The second-order valence-electron chi connectivity index (χ2n) is 5.54. The molecule has 1 aliphatic rings. The Labute approximate surface area is 131 Å². The molecule has 0 aromatic heterocycles. The van der Waals surface area contributed by atoms with E-state index in [4.69, 9.17) is 0 Å². The number of nitrogens with zero attached hydrogens (tertiary/aromatic N) is 2. The summed E-state index contributed by atoms with van der Waals surface area (Å²) in [7, 11) is 1.50. The number of carbonyl (C=O) groups is 2. The smallest absolute Gasteiger partial charge is 0.321 e. The standard InChI is InChI=1S/C16H24N4O2/c1-13(15(21)18-16(22)17-2)20-10-8-19(9-11-20)12-14-6-4-3-5-7-14/h3-7,13H,8-12H2,1-2H3,(H2,17,18,21,22)/t13-/m1/s1. The Morgan fingerprint density at radius 2 is 1.77 bits per heavy atom. The Morgan fingerprint density at radius 1 is 1.14 bits per heavy atom. The third-order valence-electron chi connectivity index (χ3n) is 4.05. The molecule has 0 bridgehead atoms. The Bertz CT molecular complexity index is 498. The predicted molar refractivity (Wildman–Crippen MR) is 85.4 cm³/mol. The van der Waals surface area contributed by atoms with E-state index in [9.17, 15) is 9.59 Å². The number of nitrogens with one attached hydrogen (secondary N) is 2. The summed E-state index contributed by atoms with van der Waals surface area (Å²) >= 11 is 0. The van der Waals surface area contributed by atoms with Gasteiger partial charge in [0.1, 0.15) is 0 Å². The van der Waals surface area contributed by atoms with E-state index >= 15 is 0 Å². The second kappa shape index (κ2) is 7.91. The summed E-state index contributed by atoms with van der Waals surface area (Å²) in [5, 5.41) is 4.72. The zero-order valence-corrected chi connectivity index (χ0v) is 13.2. The molecule has 2 rings (SSSR count). The van der Waals surface area contributed by atoms with Crippen LogP contribution in [0.25, 0.3) is 0 Å². The maximum atomic E-state index is 12.0. The molecule has 3 amide bonds. The van der Waals surface area contributed by atoms with Gasteiger partial charge in [-0.15, -0.1) is 0 Å². The van der Waals surface area contributed by atoms with E-state index in [1.165, 1.54) is 12.6 Å². The maximum absolute atomic E-state index is 12.0. The SMILES string of the molecule is CNC(=O)NC(=O)[C@@H](C)N1CCN(Cc2ccccc2)CC1. The van der Waals surface area contributed by atoms with Crippen LogP contribution in [0.2, 0.25) is 0 Å². The van der Waals surface area contributed by atoms with Crippen molar-refractivity contribution in [3.8, 4) is 0 Å². The van der Waals surface area contributed by atoms with Crippen molar-refractivity contribution in [3.05, 3.63) is 35.9 Å². The molecule has 0 unspecified atom stereocenters. The molecule has 1 aromatic carbocycles. The highest BCUT2D eigenvalue weighted by Gasteiger charge is 2.26. The van der Waals surface area contributed by atoms with Gasteiger partial charge in [-0.25, -0.2) is 4.79 Å². The van der Waals surface area contributed by atoms with Gasteiger partial charge in [0, 0.05) is 39.8 Å². The lowest BCUT2D eigenvalue weighted by Crippen LogP contribution is -2.55. The van der Waals surface area contributed by atoms with E-state index in [-0.39, 0.29) is 11.9 Å². The lowest BCUT2D eigenvalue weighted by atomic mass is 10.1. The molecule has 6 heteroatoms. The molecule has 1 saturated heterocycles. The zero-order valence-electron chi connectivity index (χ0n) is 13.2. The molecule has 1 atom stereocenters. The third kappa shape index (κ3) is 4.54. The quantitative estimate of drug-likeness (QED) is 0.857. The maximum Gasteiger partial charge on any atom is 0.321 e. The van der Waals surface area contributed by atoms with Crippen LogP contribution in [-0.2, 0) is 11.3 Å². The van der Waals surface area contributed by atoms with Crippen LogP contribution in [-0.4, -0.2) is 61.0 Å². The van der Waals surface area contributed by atoms with Crippen molar-refractivity contribution in [2.75, 3.05) is 33.2 Å². The average Bonchev–Trinajstić information content (AvgIpc) is 2.55. The van der Waals surface area contributed by atoms with Crippen LogP contribution >= 0.6 is 0 Å². The van der Waals surface area contributed by atoms with Crippen LogP contribution < -0.4 is 10.6 Å². The molecule has 0 aliphatic carbocycles. The summed E-state index contributed by atoms with van der Waals surface area (Å²) in [6, 6.07) is 9.63. The fourth-order valence-electron chi connectivity index (χ4n) is 2.60. The molecular formula is C16H24N4O2. The van der Waals surface area contributed by atoms with Gasteiger partial charge < -0.3 is 5.32 Å². The minimum Gasteiger partial charge on any atom is -0.341 e. The normalized spacial score (nSPS) is 17.7. The molecule has 120 valence electrons. The van der Waals surface area contributed by atoms with Crippen LogP contribution in [0.4, 0.5) is 4.79 Å². The van der Waals surface area contributed by atoms with Crippen molar-refractivity contribution in [1.29, 1.82) is 0 Å². The summed E-state index contributed by atoms with van der Waals surface area (Å²) in [6.07, 6.45) is 0. The molecule has 1 fully saturated rings. The molecular weight excluding hydrogens is 280 g/mol. The number of hydrogen-bond acceptors (Lipinski definition) is 4. The summed E-state index contributed by atoms with van der Waals surface area (Å²) in [5.41, 5.74) is 1.31. The zero-order chi connectivity index (χ0) is 15.9. The van der Waals surface area contributed by atoms with Gasteiger partial charge in [-0.1, -0.05) is 30.3 Å². The van der Waals surface area contributed by atoms with Crippen molar-refractivity contribution >= 4 is 11.9 Å². The number of piperazine rings is 1.